The summed E-state index contributed by atoms with van der Waals surface area (Å²) in [6, 6.07) is 0. The molecule has 180 valence electrons. The average molecular weight is 620 g/mol. The van der Waals surface area contributed by atoms with Crippen LogP contribution in [0.25, 0.3) is 0 Å². The Kier molecular flexibility index (Phi) is 45.3. The van der Waals surface area contributed by atoms with Crippen molar-refractivity contribution in [3.05, 3.63) is 0 Å². The predicted molar refractivity (Wildman–Crippen MR) is 135 cm³/mol. The molecule has 0 saturated carbocycles. The normalized spacial score (nSPS) is 10.3. The first kappa shape index (κ1) is 37.5. The minimum Gasteiger partial charge on any atom is -0.0652 e. The smallest absolute Gasteiger partial charge is 0.0571 e. The molecular formula is C24H56P2Pd2+2. The van der Waals surface area contributed by atoms with Crippen LogP contribution in [0.2, 0.25) is 0 Å². The van der Waals surface area contributed by atoms with Gasteiger partial charge in [-0.3, -0.25) is 0 Å². The summed E-state index contributed by atoms with van der Waals surface area (Å²) in [6.07, 6.45) is 26.8. The second-order valence-electron chi connectivity index (χ2n) is 8.12. The Morgan fingerprint density at radius 1 is 0.321 bits per heavy atom. The second-order valence-corrected chi connectivity index (χ2v) is 14.1. The molecule has 0 heterocycles. The van der Waals surface area contributed by atoms with Crippen LogP contribution in [0.5, 0.6) is 0 Å². The molecule has 0 rings (SSSR count). The summed E-state index contributed by atoms with van der Waals surface area (Å²) >= 11 is 0. The Hall–Kier alpha value is 2.18. The van der Waals surface area contributed by atoms with Gasteiger partial charge in [0.1, 0.15) is 0 Å². The van der Waals surface area contributed by atoms with Gasteiger partial charge in [0.25, 0.3) is 0 Å². The monoisotopic (exact) mass is 618 g/mol. The van der Waals surface area contributed by atoms with E-state index in [-0.39, 0.29) is 56.7 Å². The number of rotatable bonds is 18. The van der Waals surface area contributed by atoms with Gasteiger partial charge in [-0.05, 0) is 38.5 Å². The topological polar surface area (TPSA) is 0 Å². The van der Waals surface area contributed by atoms with Crippen molar-refractivity contribution >= 4 is 15.8 Å². The third-order valence-electron chi connectivity index (χ3n) is 5.30. The zero-order valence-electron chi connectivity index (χ0n) is 20.4. The molecule has 0 N–H and O–H groups in total. The third-order valence-corrected chi connectivity index (χ3v) is 11.7. The maximum atomic E-state index is 2.32. The fraction of sp³-hybridized carbons (Fsp3) is 1.00. The van der Waals surface area contributed by atoms with E-state index in [9.17, 15) is 0 Å². The predicted octanol–water partition coefficient (Wildman–Crippen LogP) is 9.20. The van der Waals surface area contributed by atoms with Crippen molar-refractivity contribution in [2.24, 2.45) is 0 Å². The van der Waals surface area contributed by atoms with Gasteiger partial charge in [-0.25, -0.2) is 0 Å². The van der Waals surface area contributed by atoms with E-state index >= 15 is 0 Å². The molecule has 0 atom stereocenters. The second kappa shape index (κ2) is 33.8. The Morgan fingerprint density at radius 3 is 0.571 bits per heavy atom. The molecule has 0 fully saturated rings. The number of hydrogen-bond acceptors (Lipinski definition) is 0. The Morgan fingerprint density at radius 2 is 0.464 bits per heavy atom. The Labute approximate surface area is 211 Å². The number of hydrogen-bond donors (Lipinski definition) is 0. The standard InChI is InChI=1S/2C12H27P.2Pd/c2*1-4-7-10-13(11-8-5-2)12-9-6-3;;/h2*4-12H2,1-3H3;;/p+2. The van der Waals surface area contributed by atoms with E-state index in [1.165, 1.54) is 77.0 Å². The van der Waals surface area contributed by atoms with Gasteiger partial charge in [0, 0.05) is 56.7 Å². The fourth-order valence-corrected chi connectivity index (χ4v) is 9.93. The minimum absolute atomic E-state index is 0. The molecule has 4 heteroatoms. The molecule has 0 aliphatic heterocycles. The van der Waals surface area contributed by atoms with Crippen LogP contribution in [0.4, 0.5) is 0 Å². The van der Waals surface area contributed by atoms with Gasteiger partial charge in [0.15, 0.2) is 0 Å². The summed E-state index contributed by atoms with van der Waals surface area (Å²) in [5.74, 6) is 0. The molecule has 0 aromatic rings. The van der Waals surface area contributed by atoms with Gasteiger partial charge < -0.3 is 0 Å². The zero-order chi connectivity index (χ0) is 19.9. The SMILES string of the molecule is CCCC[PH+](CCCC)CCCC.CCCC[PH+](CCCC)CCCC.[Pd].[Pd]. The van der Waals surface area contributed by atoms with Crippen molar-refractivity contribution in [3.63, 3.8) is 0 Å². The molecule has 0 aromatic heterocycles. The third kappa shape index (κ3) is 30.4. The van der Waals surface area contributed by atoms with Gasteiger partial charge in [0.05, 0.1) is 37.0 Å². The molecule has 28 heavy (non-hydrogen) atoms. The number of unbranched alkanes of at least 4 members (excludes halogenated alkanes) is 6. The van der Waals surface area contributed by atoms with E-state index in [0.717, 1.165) is 0 Å². The molecule has 0 radical (unpaired) electrons. The first-order chi connectivity index (χ1) is 12.7. The Bertz CT molecular complexity index is 179. The van der Waals surface area contributed by atoms with Gasteiger partial charge in [-0.1, -0.05) is 80.1 Å². The maximum absolute atomic E-state index is 2.32. The van der Waals surface area contributed by atoms with Crippen LogP contribution in [0.3, 0.4) is 0 Å². The first-order valence-electron chi connectivity index (χ1n) is 12.4. The molecule has 0 aliphatic rings. The van der Waals surface area contributed by atoms with Crippen molar-refractivity contribution in [3.8, 4) is 0 Å². The van der Waals surface area contributed by atoms with Crippen molar-refractivity contribution in [1.29, 1.82) is 0 Å². The molecular weight excluding hydrogens is 563 g/mol. The summed E-state index contributed by atoms with van der Waals surface area (Å²) in [5, 5.41) is 0. The van der Waals surface area contributed by atoms with E-state index in [0.29, 0.717) is 0 Å². The summed E-state index contributed by atoms with van der Waals surface area (Å²) in [5.41, 5.74) is 0. The fourth-order valence-electron chi connectivity index (χ4n) is 3.31. The van der Waals surface area contributed by atoms with Crippen LogP contribution in [0.15, 0.2) is 0 Å². The quantitative estimate of drug-likeness (QED) is 0.106. The van der Waals surface area contributed by atoms with Crippen molar-refractivity contribution in [2.45, 2.75) is 119 Å². The Balaban J connectivity index is -0.000000192. The van der Waals surface area contributed by atoms with Gasteiger partial charge >= 0.3 is 0 Å². The van der Waals surface area contributed by atoms with Crippen molar-refractivity contribution in [1.82, 2.24) is 0 Å². The average Bonchev–Trinajstić information content (AvgIpc) is 2.67. The summed E-state index contributed by atoms with van der Waals surface area (Å²) in [7, 11) is 0.135. The van der Waals surface area contributed by atoms with Crippen LogP contribution in [0, 0.1) is 0 Å². The zero-order valence-corrected chi connectivity index (χ0v) is 25.5. The summed E-state index contributed by atoms with van der Waals surface area (Å²) in [4.78, 5) is 0. The molecule has 0 aromatic carbocycles. The molecule has 0 aliphatic carbocycles. The van der Waals surface area contributed by atoms with E-state index in [2.05, 4.69) is 41.5 Å². The molecule has 0 amide bonds. The van der Waals surface area contributed by atoms with Crippen LogP contribution in [0.1, 0.15) is 119 Å². The maximum Gasteiger partial charge on any atom is 0.0571 e. The van der Waals surface area contributed by atoms with Crippen LogP contribution in [-0.4, -0.2) is 37.0 Å². The van der Waals surface area contributed by atoms with Crippen LogP contribution in [-0.2, 0) is 40.8 Å². The molecule has 0 bridgehead atoms. The first-order valence-corrected chi connectivity index (χ1v) is 16.6. The largest absolute Gasteiger partial charge is 0.0652 e. The van der Waals surface area contributed by atoms with E-state index in [1.807, 2.05) is 0 Å². The summed E-state index contributed by atoms with van der Waals surface area (Å²) < 4.78 is 0. The van der Waals surface area contributed by atoms with Crippen LogP contribution >= 0.6 is 15.8 Å². The van der Waals surface area contributed by atoms with Crippen molar-refractivity contribution < 1.29 is 40.8 Å². The van der Waals surface area contributed by atoms with E-state index < -0.39 is 0 Å². The van der Waals surface area contributed by atoms with Gasteiger partial charge in [-0.15, -0.1) is 0 Å². The summed E-state index contributed by atoms with van der Waals surface area (Å²) in [6.45, 7) is 13.9. The molecule has 0 spiro atoms. The van der Waals surface area contributed by atoms with E-state index in [4.69, 9.17) is 0 Å². The van der Waals surface area contributed by atoms with Gasteiger partial charge in [-0.2, -0.15) is 0 Å². The van der Waals surface area contributed by atoms with E-state index in [1.54, 1.807) is 37.0 Å². The van der Waals surface area contributed by atoms with Crippen LogP contribution < -0.4 is 0 Å². The minimum atomic E-state index is 0. The molecule has 0 unspecified atom stereocenters. The molecule has 0 saturated heterocycles. The van der Waals surface area contributed by atoms with Gasteiger partial charge in [0.2, 0.25) is 0 Å². The van der Waals surface area contributed by atoms with Crippen molar-refractivity contribution in [2.75, 3.05) is 37.0 Å². The molecule has 0 nitrogen and oxygen atoms in total.